The lowest BCUT2D eigenvalue weighted by Gasteiger charge is -2.17. The zero-order valence-corrected chi connectivity index (χ0v) is 18.7. The lowest BCUT2D eigenvalue weighted by Crippen LogP contribution is -2.15. The molecule has 7 heteroatoms. The van der Waals surface area contributed by atoms with Gasteiger partial charge in [-0.05, 0) is 49.6 Å². The van der Waals surface area contributed by atoms with Crippen molar-refractivity contribution in [1.82, 2.24) is 14.8 Å². The Morgan fingerprint density at radius 3 is 3.03 bits per heavy atom. The smallest absolute Gasteiger partial charge is 0.305 e. The van der Waals surface area contributed by atoms with Crippen molar-refractivity contribution in [2.75, 3.05) is 18.5 Å². The van der Waals surface area contributed by atoms with E-state index in [1.54, 1.807) is 6.20 Å². The number of aryl methyl sites for hydroxylation is 1. The van der Waals surface area contributed by atoms with Crippen LogP contribution in [-0.2, 0) is 17.6 Å². The minimum absolute atomic E-state index is 0.0854. The molecule has 0 spiro atoms. The molecule has 1 aromatic carbocycles. The maximum atomic E-state index is 11.4. The van der Waals surface area contributed by atoms with Gasteiger partial charge in [-0.1, -0.05) is 26.2 Å². The van der Waals surface area contributed by atoms with E-state index >= 15 is 0 Å². The van der Waals surface area contributed by atoms with E-state index in [0.717, 1.165) is 85.2 Å². The molecule has 7 nitrogen and oxygen atoms in total. The van der Waals surface area contributed by atoms with E-state index in [4.69, 9.17) is 9.72 Å². The van der Waals surface area contributed by atoms with Gasteiger partial charge in [0.15, 0.2) is 0 Å². The van der Waals surface area contributed by atoms with Gasteiger partial charge in [0.25, 0.3) is 0 Å². The molecule has 0 aliphatic carbocycles. The van der Waals surface area contributed by atoms with Gasteiger partial charge in [0.1, 0.15) is 5.75 Å². The van der Waals surface area contributed by atoms with E-state index in [-0.39, 0.29) is 12.5 Å². The first-order valence-corrected chi connectivity index (χ1v) is 11.7. The van der Waals surface area contributed by atoms with Crippen LogP contribution in [-0.4, -0.2) is 39.0 Å². The molecule has 1 aliphatic heterocycles. The summed E-state index contributed by atoms with van der Waals surface area (Å²) in [6.45, 7) is 3.72. The average Bonchev–Trinajstić information content (AvgIpc) is 3.21. The summed E-state index contributed by atoms with van der Waals surface area (Å²) >= 11 is 0. The Bertz CT molecular complexity index is 1060. The fraction of sp³-hybridized carbons (Fsp3) is 0.480. The maximum Gasteiger partial charge on any atom is 0.305 e. The largest absolute Gasteiger partial charge is 0.493 e. The second-order valence-electron chi connectivity index (χ2n) is 8.48. The maximum absolute atomic E-state index is 11.4. The van der Waals surface area contributed by atoms with Gasteiger partial charge in [0, 0.05) is 24.0 Å². The number of fused-ring (bicyclic) bond motifs is 2. The summed E-state index contributed by atoms with van der Waals surface area (Å²) in [7, 11) is 0. The molecule has 170 valence electrons. The van der Waals surface area contributed by atoms with Crippen LogP contribution >= 0.6 is 0 Å². The van der Waals surface area contributed by atoms with Gasteiger partial charge in [-0.25, -0.2) is 0 Å². The summed E-state index contributed by atoms with van der Waals surface area (Å²) in [5.74, 6) is -0.000820. The molecule has 2 N–H and O–H groups in total. The number of carbonyl (C=O) groups is 1. The van der Waals surface area contributed by atoms with Gasteiger partial charge in [-0.15, -0.1) is 0 Å². The molecule has 1 atom stereocenters. The monoisotopic (exact) mass is 436 g/mol. The fourth-order valence-electron chi connectivity index (χ4n) is 4.34. The van der Waals surface area contributed by atoms with Gasteiger partial charge < -0.3 is 15.2 Å². The van der Waals surface area contributed by atoms with E-state index in [9.17, 15) is 9.90 Å². The predicted octanol–water partition coefficient (Wildman–Crippen LogP) is 5.01. The molecule has 0 fully saturated rings. The number of pyridine rings is 1. The van der Waals surface area contributed by atoms with Gasteiger partial charge in [-0.3, -0.25) is 14.5 Å². The Morgan fingerprint density at radius 1 is 1.28 bits per heavy atom. The fourth-order valence-corrected chi connectivity index (χ4v) is 4.34. The first-order valence-electron chi connectivity index (χ1n) is 11.7. The van der Waals surface area contributed by atoms with Crippen molar-refractivity contribution >= 4 is 22.6 Å². The van der Waals surface area contributed by atoms with Crippen molar-refractivity contribution in [2.24, 2.45) is 0 Å². The number of nitrogens with one attached hydrogen (secondary N) is 1. The SMILES string of the molecule is CCCCCC(CC(=O)O)n1ncc2cc(OCCc3ccc4c(n3)CCCN4)ccc21. The van der Waals surface area contributed by atoms with Crippen LogP contribution in [0.4, 0.5) is 5.69 Å². The highest BCUT2D eigenvalue weighted by atomic mass is 16.5. The van der Waals surface area contributed by atoms with Crippen LogP contribution < -0.4 is 10.1 Å². The van der Waals surface area contributed by atoms with E-state index in [0.29, 0.717) is 6.61 Å². The van der Waals surface area contributed by atoms with Crippen molar-refractivity contribution in [3.05, 3.63) is 47.9 Å². The number of aliphatic carboxylic acids is 1. The number of unbranched alkanes of at least 4 members (excludes halogenated alkanes) is 2. The zero-order chi connectivity index (χ0) is 22.3. The molecular weight excluding hydrogens is 404 g/mol. The van der Waals surface area contributed by atoms with E-state index in [2.05, 4.69) is 29.5 Å². The summed E-state index contributed by atoms with van der Waals surface area (Å²) in [5, 5.41) is 18.2. The van der Waals surface area contributed by atoms with Gasteiger partial charge in [0.2, 0.25) is 0 Å². The van der Waals surface area contributed by atoms with Crippen molar-refractivity contribution in [3.63, 3.8) is 0 Å². The van der Waals surface area contributed by atoms with Crippen LogP contribution in [0.2, 0.25) is 0 Å². The third kappa shape index (κ3) is 5.39. The number of benzene rings is 1. The Kier molecular flexibility index (Phi) is 7.24. The number of carboxylic acids is 1. The van der Waals surface area contributed by atoms with Crippen LogP contribution in [0.5, 0.6) is 5.75 Å². The number of hydrogen-bond donors (Lipinski definition) is 2. The number of aromatic nitrogens is 3. The molecule has 1 aliphatic rings. The lowest BCUT2D eigenvalue weighted by atomic mass is 10.1. The summed E-state index contributed by atoms with van der Waals surface area (Å²) in [4.78, 5) is 16.1. The average molecular weight is 437 g/mol. The molecule has 4 rings (SSSR count). The van der Waals surface area contributed by atoms with Crippen molar-refractivity contribution in [2.45, 2.75) is 64.3 Å². The summed E-state index contributed by atoms with van der Waals surface area (Å²) < 4.78 is 7.86. The molecule has 0 radical (unpaired) electrons. The normalized spacial score (nSPS) is 14.0. The molecular formula is C25H32N4O3. The molecule has 0 saturated carbocycles. The molecule has 0 bridgehead atoms. The minimum atomic E-state index is -0.790. The van der Waals surface area contributed by atoms with Crippen molar-refractivity contribution < 1.29 is 14.6 Å². The highest BCUT2D eigenvalue weighted by Gasteiger charge is 2.18. The molecule has 1 unspecified atom stereocenters. The zero-order valence-electron chi connectivity index (χ0n) is 18.7. The topological polar surface area (TPSA) is 89.3 Å². The van der Waals surface area contributed by atoms with Crippen LogP contribution in [0.15, 0.2) is 36.5 Å². The first-order chi connectivity index (χ1) is 15.6. The third-order valence-corrected chi connectivity index (χ3v) is 6.03. The van der Waals surface area contributed by atoms with Crippen LogP contribution in [0.1, 0.15) is 62.9 Å². The van der Waals surface area contributed by atoms with Crippen molar-refractivity contribution in [3.8, 4) is 5.75 Å². The van der Waals surface area contributed by atoms with E-state index in [1.807, 2.05) is 22.9 Å². The number of carboxylic acid groups (broad SMARTS) is 1. The number of hydrogen-bond acceptors (Lipinski definition) is 5. The number of nitrogens with zero attached hydrogens (tertiary/aromatic N) is 3. The van der Waals surface area contributed by atoms with Crippen LogP contribution in [0.3, 0.4) is 0 Å². The summed E-state index contributed by atoms with van der Waals surface area (Å²) in [6.07, 6.45) is 8.82. The second kappa shape index (κ2) is 10.5. The predicted molar refractivity (Wildman–Crippen MR) is 125 cm³/mol. The highest BCUT2D eigenvalue weighted by Crippen LogP contribution is 2.27. The van der Waals surface area contributed by atoms with Gasteiger partial charge in [0.05, 0.1) is 42.2 Å². The second-order valence-corrected chi connectivity index (χ2v) is 8.48. The summed E-state index contributed by atoms with van der Waals surface area (Å²) in [5.41, 5.74) is 4.30. The first kappa shape index (κ1) is 22.1. The third-order valence-electron chi connectivity index (χ3n) is 6.03. The quantitative estimate of drug-likeness (QED) is 0.411. The molecule has 2 aromatic heterocycles. The number of rotatable bonds is 11. The summed E-state index contributed by atoms with van der Waals surface area (Å²) in [6, 6.07) is 9.95. The van der Waals surface area contributed by atoms with Gasteiger partial charge >= 0.3 is 5.97 Å². The Morgan fingerprint density at radius 2 is 2.19 bits per heavy atom. The Hall–Kier alpha value is -3.09. The van der Waals surface area contributed by atoms with Crippen LogP contribution in [0.25, 0.3) is 10.9 Å². The Labute approximate surface area is 188 Å². The molecule has 32 heavy (non-hydrogen) atoms. The number of anilines is 1. The van der Waals surface area contributed by atoms with E-state index in [1.165, 1.54) is 0 Å². The van der Waals surface area contributed by atoms with E-state index < -0.39 is 5.97 Å². The van der Waals surface area contributed by atoms with Crippen molar-refractivity contribution in [1.29, 1.82) is 0 Å². The lowest BCUT2D eigenvalue weighted by molar-refractivity contribution is -0.138. The molecule has 0 amide bonds. The number of ether oxygens (including phenoxy) is 1. The highest BCUT2D eigenvalue weighted by molar-refractivity contribution is 5.80. The van der Waals surface area contributed by atoms with Crippen LogP contribution in [0, 0.1) is 0 Å². The standard InChI is InChI=1S/C25H32N4O3/c1-2-3-4-6-20(16-25(30)31)29-24-11-9-21(15-18(24)17-27-29)32-14-12-19-8-10-22-23(28-19)7-5-13-26-22/h8-11,15,17,20,26H,2-7,12-14,16H2,1H3,(H,30,31). The molecule has 3 aromatic rings. The molecule has 0 saturated heterocycles. The molecule has 3 heterocycles. The van der Waals surface area contributed by atoms with Gasteiger partial charge in [-0.2, -0.15) is 5.10 Å². The minimum Gasteiger partial charge on any atom is -0.493 e. The Balaban J connectivity index is 1.40.